The Kier molecular flexibility index (Phi) is 6.71. The number of aliphatic hydroxyl groups is 1. The van der Waals surface area contributed by atoms with Gasteiger partial charge in [0, 0.05) is 18.7 Å². The summed E-state index contributed by atoms with van der Waals surface area (Å²) in [5, 5.41) is 9.10. The van der Waals surface area contributed by atoms with Crippen LogP contribution in [0.5, 0.6) is 0 Å². The monoisotopic (exact) mass is 349 g/mol. The molecule has 1 amide bonds. The molecular weight excluding hydrogens is 324 g/mol. The Labute approximate surface area is 140 Å². The van der Waals surface area contributed by atoms with Crippen LogP contribution >= 0.6 is 0 Å². The molecular formula is C16H25F2NO5. The number of halogens is 2. The number of carbonyl (C=O) groups excluding carboxylic acids is 2. The lowest BCUT2D eigenvalue weighted by molar-refractivity contribution is -0.154. The molecule has 0 aliphatic carbocycles. The van der Waals surface area contributed by atoms with Gasteiger partial charge in [0.2, 0.25) is 0 Å². The van der Waals surface area contributed by atoms with Crippen LogP contribution < -0.4 is 0 Å². The van der Waals surface area contributed by atoms with Crippen molar-refractivity contribution < 1.29 is 33.0 Å². The lowest BCUT2D eigenvalue weighted by Crippen LogP contribution is -2.56. The molecule has 0 aromatic heterocycles. The molecule has 1 aliphatic rings. The lowest BCUT2D eigenvalue weighted by atomic mass is 9.86. The number of nitrogens with zero attached hydrogens (tertiary/aromatic N) is 1. The van der Waals surface area contributed by atoms with Crippen molar-refractivity contribution in [3.8, 4) is 0 Å². The van der Waals surface area contributed by atoms with Crippen LogP contribution in [0.3, 0.4) is 0 Å². The normalized spacial score (nSPS) is 21.0. The van der Waals surface area contributed by atoms with E-state index in [4.69, 9.17) is 14.6 Å². The number of amides is 1. The minimum absolute atomic E-state index is 0.0109. The Bertz CT molecular complexity index is 511. The second kappa shape index (κ2) is 7.92. The number of aliphatic hydroxyl groups excluding tert-OH is 1. The largest absolute Gasteiger partial charge is 0.464 e. The van der Waals surface area contributed by atoms with Crippen molar-refractivity contribution in [2.45, 2.75) is 58.1 Å². The first-order valence-corrected chi connectivity index (χ1v) is 7.93. The predicted molar refractivity (Wildman–Crippen MR) is 82.5 cm³/mol. The van der Waals surface area contributed by atoms with E-state index in [1.165, 1.54) is 0 Å². The highest BCUT2D eigenvalue weighted by molar-refractivity contribution is 5.90. The third kappa shape index (κ3) is 4.23. The molecule has 0 saturated carbocycles. The van der Waals surface area contributed by atoms with Crippen LogP contribution in [0.4, 0.5) is 13.6 Å². The second-order valence-electron chi connectivity index (χ2n) is 6.53. The molecule has 0 aromatic carbocycles. The maximum atomic E-state index is 13.5. The van der Waals surface area contributed by atoms with E-state index in [9.17, 15) is 18.4 Å². The van der Waals surface area contributed by atoms with Crippen molar-refractivity contribution in [1.82, 2.24) is 4.90 Å². The summed E-state index contributed by atoms with van der Waals surface area (Å²) in [5.74, 6) is -0.926. The molecule has 1 atom stereocenters. The van der Waals surface area contributed by atoms with E-state index in [-0.39, 0.29) is 39.0 Å². The Hall–Kier alpha value is -1.70. The first-order chi connectivity index (χ1) is 11.1. The summed E-state index contributed by atoms with van der Waals surface area (Å²) < 4.78 is 37.2. The lowest BCUT2D eigenvalue weighted by Gasteiger charge is -2.37. The van der Waals surface area contributed by atoms with Crippen LogP contribution in [0, 0.1) is 0 Å². The van der Waals surface area contributed by atoms with E-state index in [1.807, 2.05) is 0 Å². The number of hydrogen-bond donors (Lipinski definition) is 1. The molecule has 1 saturated heterocycles. The molecule has 0 bridgehead atoms. The van der Waals surface area contributed by atoms with Crippen molar-refractivity contribution >= 4 is 12.1 Å². The van der Waals surface area contributed by atoms with Crippen LogP contribution in [0.15, 0.2) is 11.7 Å². The summed E-state index contributed by atoms with van der Waals surface area (Å²) in [6.45, 7) is 6.10. The topological polar surface area (TPSA) is 76.1 Å². The van der Waals surface area contributed by atoms with Gasteiger partial charge in [0.1, 0.15) is 5.60 Å². The van der Waals surface area contributed by atoms with E-state index in [2.05, 4.69) is 0 Å². The van der Waals surface area contributed by atoms with Gasteiger partial charge < -0.3 is 14.6 Å². The van der Waals surface area contributed by atoms with Crippen LogP contribution in [0.25, 0.3) is 0 Å². The van der Waals surface area contributed by atoms with Gasteiger partial charge in [-0.15, -0.1) is 0 Å². The van der Waals surface area contributed by atoms with Crippen LogP contribution in [0.2, 0.25) is 0 Å². The van der Waals surface area contributed by atoms with Gasteiger partial charge >= 0.3 is 12.1 Å². The number of ether oxygens (including phenoxy) is 2. The summed E-state index contributed by atoms with van der Waals surface area (Å²) in [4.78, 5) is 26.0. The molecule has 0 aromatic rings. The van der Waals surface area contributed by atoms with Gasteiger partial charge in [-0.25, -0.2) is 9.59 Å². The molecule has 24 heavy (non-hydrogen) atoms. The molecule has 6 nitrogen and oxygen atoms in total. The minimum atomic E-state index is -2.01. The Morgan fingerprint density at radius 2 is 1.96 bits per heavy atom. The predicted octanol–water partition coefficient (Wildman–Crippen LogP) is 2.85. The van der Waals surface area contributed by atoms with Gasteiger partial charge in [0.25, 0.3) is 6.08 Å². The van der Waals surface area contributed by atoms with E-state index in [0.29, 0.717) is 0 Å². The molecule has 0 radical (unpaired) electrons. The highest BCUT2D eigenvalue weighted by atomic mass is 19.3. The first-order valence-electron chi connectivity index (χ1n) is 7.93. The summed E-state index contributed by atoms with van der Waals surface area (Å²) in [6.07, 6.45) is -3.11. The van der Waals surface area contributed by atoms with E-state index < -0.39 is 34.9 Å². The smallest absolute Gasteiger partial charge is 0.411 e. The molecule has 0 unspecified atom stereocenters. The molecule has 0 spiro atoms. The van der Waals surface area contributed by atoms with Gasteiger partial charge in [-0.1, -0.05) is 0 Å². The van der Waals surface area contributed by atoms with E-state index >= 15 is 0 Å². The first kappa shape index (κ1) is 20.3. The average molecular weight is 349 g/mol. The van der Waals surface area contributed by atoms with Gasteiger partial charge in [-0.3, -0.25) is 4.90 Å². The van der Waals surface area contributed by atoms with Crippen LogP contribution in [-0.2, 0) is 14.3 Å². The van der Waals surface area contributed by atoms with Crippen molar-refractivity contribution in [3.05, 3.63) is 11.7 Å². The Balaban J connectivity index is 3.36. The summed E-state index contributed by atoms with van der Waals surface area (Å²) >= 11 is 0. The number of likely N-dealkylation sites (tertiary alicyclic amines) is 1. The minimum Gasteiger partial charge on any atom is -0.464 e. The number of hydrogen-bond acceptors (Lipinski definition) is 5. The zero-order chi connectivity index (χ0) is 18.5. The summed E-state index contributed by atoms with van der Waals surface area (Å²) in [7, 11) is 0. The molecule has 1 fully saturated rings. The van der Waals surface area contributed by atoms with E-state index in [0.717, 1.165) is 4.90 Å². The Morgan fingerprint density at radius 1 is 1.33 bits per heavy atom. The molecule has 1 heterocycles. The van der Waals surface area contributed by atoms with Crippen LogP contribution in [0.1, 0.15) is 47.0 Å². The van der Waals surface area contributed by atoms with Gasteiger partial charge in [0.15, 0.2) is 5.54 Å². The molecule has 1 aliphatic heterocycles. The van der Waals surface area contributed by atoms with E-state index in [1.54, 1.807) is 27.7 Å². The van der Waals surface area contributed by atoms with Crippen molar-refractivity contribution in [2.75, 3.05) is 19.8 Å². The number of carbonyl (C=O) groups is 2. The zero-order valence-electron chi connectivity index (χ0n) is 14.5. The SMILES string of the molecule is CCOC(=O)[C@@]1(CCCO)C(=C(F)F)CCN1C(=O)OC(C)(C)C. The van der Waals surface area contributed by atoms with Crippen molar-refractivity contribution in [2.24, 2.45) is 0 Å². The third-order valence-corrected chi connectivity index (χ3v) is 3.70. The fraction of sp³-hybridized carbons (Fsp3) is 0.750. The molecule has 1 N–H and O–H groups in total. The quantitative estimate of drug-likeness (QED) is 0.773. The average Bonchev–Trinajstić information content (AvgIpc) is 2.84. The second-order valence-corrected chi connectivity index (χ2v) is 6.53. The zero-order valence-corrected chi connectivity index (χ0v) is 14.5. The third-order valence-electron chi connectivity index (χ3n) is 3.70. The van der Waals surface area contributed by atoms with Crippen molar-refractivity contribution in [1.29, 1.82) is 0 Å². The van der Waals surface area contributed by atoms with Gasteiger partial charge in [-0.05, 0) is 47.0 Å². The number of esters is 1. The van der Waals surface area contributed by atoms with Gasteiger partial charge in [0.05, 0.1) is 6.61 Å². The van der Waals surface area contributed by atoms with Crippen molar-refractivity contribution in [3.63, 3.8) is 0 Å². The Morgan fingerprint density at radius 3 is 2.42 bits per heavy atom. The summed E-state index contributed by atoms with van der Waals surface area (Å²) in [6, 6.07) is 0. The highest BCUT2D eigenvalue weighted by Crippen LogP contribution is 2.42. The summed E-state index contributed by atoms with van der Waals surface area (Å²) in [5.41, 5.74) is -3.21. The van der Waals surface area contributed by atoms with Gasteiger partial charge in [-0.2, -0.15) is 8.78 Å². The molecule has 8 heteroatoms. The highest BCUT2D eigenvalue weighted by Gasteiger charge is 2.56. The fourth-order valence-corrected chi connectivity index (χ4v) is 2.81. The maximum absolute atomic E-state index is 13.5. The number of rotatable bonds is 5. The maximum Gasteiger partial charge on any atom is 0.411 e. The molecule has 138 valence electrons. The van der Waals surface area contributed by atoms with Crippen LogP contribution in [-0.4, -0.2) is 53.0 Å². The molecule has 1 rings (SSSR count). The fourth-order valence-electron chi connectivity index (χ4n) is 2.81. The standard InChI is InChI=1S/C16H25F2NO5/c1-5-23-13(21)16(8-6-10-20)11(12(17)18)7-9-19(16)14(22)24-15(2,3)4/h20H,5-10H2,1-4H3/t16-/m1/s1.